The van der Waals surface area contributed by atoms with Crippen LogP contribution in [0.3, 0.4) is 0 Å². The SMILES string of the molecule is C[C@H](CCCO[PH](=O)O)C1CC[C@H]2C3CC[C@@H]4C[C@H](O)CC[C@]4(C)C3CC[C@]12C.c1ccc(-c2ccccc2)cc1. The molecule has 6 rings (SSSR count). The van der Waals surface area contributed by atoms with Crippen molar-refractivity contribution in [3.63, 3.8) is 0 Å². The Morgan fingerprint density at radius 1 is 0.854 bits per heavy atom. The number of aliphatic hydroxyl groups is 1. The molecule has 4 unspecified atom stereocenters. The van der Waals surface area contributed by atoms with Gasteiger partial charge in [0.05, 0.1) is 12.7 Å². The van der Waals surface area contributed by atoms with Gasteiger partial charge in [0.25, 0.3) is 0 Å². The van der Waals surface area contributed by atoms with Crippen LogP contribution in [0.2, 0.25) is 0 Å². The van der Waals surface area contributed by atoms with Crippen LogP contribution in [0.5, 0.6) is 0 Å². The van der Waals surface area contributed by atoms with Crippen LogP contribution < -0.4 is 0 Å². The van der Waals surface area contributed by atoms with Crippen molar-refractivity contribution in [1.82, 2.24) is 0 Å². The van der Waals surface area contributed by atoms with Crippen LogP contribution in [0.4, 0.5) is 0 Å². The molecule has 0 aromatic heterocycles. The van der Waals surface area contributed by atoms with E-state index >= 15 is 0 Å². The minimum atomic E-state index is -2.78. The molecule has 4 saturated carbocycles. The highest BCUT2D eigenvalue weighted by atomic mass is 31.1. The van der Waals surface area contributed by atoms with Crippen molar-refractivity contribution in [1.29, 1.82) is 0 Å². The van der Waals surface area contributed by atoms with Crippen molar-refractivity contribution in [2.24, 2.45) is 46.3 Å². The summed E-state index contributed by atoms with van der Waals surface area (Å²) in [6, 6.07) is 20.8. The molecule has 0 aliphatic heterocycles. The molecule has 226 valence electrons. The van der Waals surface area contributed by atoms with E-state index in [0.29, 0.717) is 23.4 Å². The van der Waals surface area contributed by atoms with Crippen LogP contribution in [0.25, 0.3) is 11.1 Å². The van der Waals surface area contributed by atoms with Gasteiger partial charge in [0.15, 0.2) is 0 Å². The van der Waals surface area contributed by atoms with Gasteiger partial charge in [-0.15, -0.1) is 0 Å². The molecule has 2 aromatic rings. The lowest BCUT2D eigenvalue weighted by Gasteiger charge is -2.61. The molecule has 0 heterocycles. The molecule has 0 bridgehead atoms. The molecule has 5 heteroatoms. The molecule has 41 heavy (non-hydrogen) atoms. The highest BCUT2D eigenvalue weighted by Crippen LogP contribution is 2.68. The predicted molar refractivity (Wildman–Crippen MR) is 169 cm³/mol. The Balaban J connectivity index is 0.000000234. The summed E-state index contributed by atoms with van der Waals surface area (Å²) in [6.07, 6.45) is 13.5. The third kappa shape index (κ3) is 6.72. The second-order valence-electron chi connectivity index (χ2n) is 14.3. The van der Waals surface area contributed by atoms with Crippen LogP contribution in [0.15, 0.2) is 60.7 Å². The molecular weight excluding hydrogens is 527 g/mol. The molecule has 4 aliphatic rings. The zero-order valence-corrected chi connectivity index (χ0v) is 26.5. The first kappa shape index (κ1) is 31.0. The van der Waals surface area contributed by atoms with Gasteiger partial charge in [-0.3, -0.25) is 4.57 Å². The maximum absolute atomic E-state index is 10.8. The number of hydrogen-bond acceptors (Lipinski definition) is 3. The van der Waals surface area contributed by atoms with Crippen molar-refractivity contribution < 1.29 is 19.1 Å². The Morgan fingerprint density at radius 3 is 2.10 bits per heavy atom. The molecule has 0 amide bonds. The van der Waals surface area contributed by atoms with Crippen molar-refractivity contribution in [2.75, 3.05) is 6.61 Å². The van der Waals surface area contributed by atoms with Crippen LogP contribution in [0.1, 0.15) is 91.4 Å². The predicted octanol–water partition coefficient (Wildman–Crippen LogP) is 9.17. The van der Waals surface area contributed by atoms with E-state index in [4.69, 9.17) is 9.42 Å². The number of rotatable bonds is 7. The largest absolute Gasteiger partial charge is 0.393 e. The van der Waals surface area contributed by atoms with Gasteiger partial charge >= 0.3 is 8.25 Å². The molecule has 4 fully saturated rings. The smallest absolute Gasteiger partial charge is 0.316 e. The summed E-state index contributed by atoms with van der Waals surface area (Å²) in [7, 11) is -2.78. The molecule has 2 N–H and O–H groups in total. The first-order chi connectivity index (χ1) is 19.7. The van der Waals surface area contributed by atoms with Crippen LogP contribution in [-0.2, 0) is 9.09 Å². The zero-order chi connectivity index (χ0) is 29.0. The highest BCUT2D eigenvalue weighted by molar-refractivity contribution is 7.32. The molecule has 0 saturated heterocycles. The summed E-state index contributed by atoms with van der Waals surface area (Å²) in [5, 5.41) is 10.2. The van der Waals surface area contributed by atoms with E-state index in [1.54, 1.807) is 0 Å². The van der Waals surface area contributed by atoms with Crippen LogP contribution in [0, 0.1) is 46.3 Å². The Labute approximate surface area is 249 Å². The zero-order valence-electron chi connectivity index (χ0n) is 25.5. The molecule has 0 radical (unpaired) electrons. The number of hydrogen-bond donors (Lipinski definition) is 2. The Bertz CT molecular complexity index is 1090. The lowest BCUT2D eigenvalue weighted by Crippen LogP contribution is -2.54. The first-order valence-corrected chi connectivity index (χ1v) is 17.6. The van der Waals surface area contributed by atoms with Gasteiger partial charge in [0.2, 0.25) is 0 Å². The van der Waals surface area contributed by atoms with Crippen molar-refractivity contribution >= 4 is 8.25 Å². The molecular formula is C36H53O4P. The van der Waals surface area contributed by atoms with Gasteiger partial charge in [-0.1, -0.05) is 81.4 Å². The van der Waals surface area contributed by atoms with E-state index in [0.717, 1.165) is 55.3 Å². The second-order valence-corrected chi connectivity index (χ2v) is 15.1. The Morgan fingerprint density at radius 2 is 1.46 bits per heavy atom. The Hall–Kier alpha value is -1.45. The number of aliphatic hydroxyl groups excluding tert-OH is 1. The monoisotopic (exact) mass is 580 g/mol. The van der Waals surface area contributed by atoms with Gasteiger partial charge in [-0.25, -0.2) is 0 Å². The van der Waals surface area contributed by atoms with Crippen molar-refractivity contribution in [2.45, 2.75) is 97.5 Å². The van der Waals surface area contributed by atoms with E-state index < -0.39 is 8.25 Å². The fourth-order valence-corrected chi connectivity index (χ4v) is 10.6. The average molecular weight is 581 g/mol. The molecule has 0 spiro atoms. The summed E-state index contributed by atoms with van der Waals surface area (Å²) in [5.41, 5.74) is 3.49. The topological polar surface area (TPSA) is 66.8 Å². The minimum absolute atomic E-state index is 0.0520. The maximum atomic E-state index is 10.8. The van der Waals surface area contributed by atoms with E-state index in [1.807, 2.05) is 12.1 Å². The lowest BCUT2D eigenvalue weighted by molar-refractivity contribution is -0.129. The van der Waals surface area contributed by atoms with Crippen LogP contribution in [-0.4, -0.2) is 22.7 Å². The van der Waals surface area contributed by atoms with Crippen molar-refractivity contribution in [3.8, 4) is 11.1 Å². The normalized spacial score (nSPS) is 37.5. The lowest BCUT2D eigenvalue weighted by atomic mass is 9.44. The molecule has 2 aromatic carbocycles. The van der Waals surface area contributed by atoms with Gasteiger partial charge in [0.1, 0.15) is 0 Å². The maximum Gasteiger partial charge on any atom is 0.316 e. The first-order valence-electron chi connectivity index (χ1n) is 16.4. The second kappa shape index (κ2) is 13.5. The van der Waals surface area contributed by atoms with Crippen LogP contribution >= 0.6 is 8.25 Å². The van der Waals surface area contributed by atoms with E-state index in [2.05, 4.69) is 69.3 Å². The highest BCUT2D eigenvalue weighted by Gasteiger charge is 2.60. The summed E-state index contributed by atoms with van der Waals surface area (Å²) < 4.78 is 15.7. The summed E-state index contributed by atoms with van der Waals surface area (Å²) in [6.45, 7) is 8.00. The van der Waals surface area contributed by atoms with Gasteiger partial charge in [-0.2, -0.15) is 0 Å². The minimum Gasteiger partial charge on any atom is -0.393 e. The third-order valence-electron chi connectivity index (χ3n) is 12.3. The molecule has 4 nitrogen and oxygen atoms in total. The summed E-state index contributed by atoms with van der Waals surface area (Å²) in [5.74, 6) is 4.85. The van der Waals surface area contributed by atoms with Crippen molar-refractivity contribution in [3.05, 3.63) is 60.7 Å². The summed E-state index contributed by atoms with van der Waals surface area (Å²) in [4.78, 5) is 8.86. The van der Waals surface area contributed by atoms with E-state index in [9.17, 15) is 9.67 Å². The van der Waals surface area contributed by atoms with E-state index in [1.165, 1.54) is 56.1 Å². The Kier molecular flexibility index (Phi) is 10.2. The quantitative estimate of drug-likeness (QED) is 0.253. The standard InChI is InChI=1S/C24H43O4P.C12H10/c1-16(5-4-14-28-29(26)27)20-8-9-21-19-7-6-17-15-18(25)10-12-23(17,2)22(19)11-13-24(20,21)3;1-3-7-11(8-4-1)12-9-5-2-6-10-12/h16-22,25,29H,4-15H2,1-3H3,(H,26,27);1-10H/t16-,17-,18-,19?,20?,21+,22?,23+,24-;/m1./s1. The molecule has 10 atom stereocenters. The molecule has 4 aliphatic carbocycles. The van der Waals surface area contributed by atoms with E-state index in [-0.39, 0.29) is 6.10 Å². The average Bonchev–Trinajstić information content (AvgIpc) is 3.34. The number of benzene rings is 2. The fraction of sp³-hybridized carbons (Fsp3) is 0.667. The summed E-state index contributed by atoms with van der Waals surface area (Å²) >= 11 is 0. The third-order valence-corrected chi connectivity index (χ3v) is 12.8. The van der Waals surface area contributed by atoms with Gasteiger partial charge < -0.3 is 14.5 Å². The van der Waals surface area contributed by atoms with Gasteiger partial charge in [0, 0.05) is 0 Å². The number of fused-ring (bicyclic) bond motifs is 5. The van der Waals surface area contributed by atoms with Gasteiger partial charge in [-0.05, 0) is 128 Å². The fourth-order valence-electron chi connectivity index (χ4n) is 10.2.